The molecule has 1 aromatic carbocycles. The largest absolute Gasteiger partial charge is 0.389 e. The lowest BCUT2D eigenvalue weighted by Crippen LogP contribution is -2.24. The number of anilines is 1. The summed E-state index contributed by atoms with van der Waals surface area (Å²) in [6.07, 6.45) is 1.00. The van der Waals surface area contributed by atoms with E-state index in [9.17, 15) is 0 Å². The molecule has 0 amide bonds. The van der Waals surface area contributed by atoms with Gasteiger partial charge in [-0.2, -0.15) is 0 Å². The van der Waals surface area contributed by atoms with Crippen molar-refractivity contribution in [2.24, 2.45) is 5.73 Å². The van der Waals surface area contributed by atoms with Gasteiger partial charge in [-0.3, -0.25) is 0 Å². The van der Waals surface area contributed by atoms with Gasteiger partial charge in [-0.15, -0.1) is 0 Å². The molecule has 94 valence electrons. The minimum Gasteiger partial charge on any atom is -0.389 e. The smallest absolute Gasteiger partial charge is 0.105 e. The van der Waals surface area contributed by atoms with Crippen molar-refractivity contribution in [3.05, 3.63) is 28.2 Å². The SMILES string of the molecule is CCC(COC)Nc1ccc(C(N)=S)c(Br)c1. The van der Waals surface area contributed by atoms with Crippen LogP contribution in [-0.4, -0.2) is 24.7 Å². The number of hydrogen-bond acceptors (Lipinski definition) is 3. The highest BCUT2D eigenvalue weighted by atomic mass is 79.9. The lowest BCUT2D eigenvalue weighted by atomic mass is 10.1. The molecule has 0 radical (unpaired) electrons. The fourth-order valence-corrected chi connectivity index (χ4v) is 2.40. The summed E-state index contributed by atoms with van der Waals surface area (Å²) in [6.45, 7) is 2.81. The van der Waals surface area contributed by atoms with E-state index in [1.807, 2.05) is 18.2 Å². The molecule has 1 atom stereocenters. The Kier molecular flexibility index (Phi) is 5.88. The first-order valence-corrected chi connectivity index (χ1v) is 6.63. The first-order chi connectivity index (χ1) is 8.08. The van der Waals surface area contributed by atoms with Crippen LogP contribution in [0.5, 0.6) is 0 Å². The molecule has 1 aromatic rings. The van der Waals surface area contributed by atoms with E-state index >= 15 is 0 Å². The Morgan fingerprint density at radius 3 is 2.76 bits per heavy atom. The zero-order valence-corrected chi connectivity index (χ0v) is 12.4. The molecule has 1 rings (SSSR count). The summed E-state index contributed by atoms with van der Waals surface area (Å²) in [5.74, 6) is 0. The van der Waals surface area contributed by atoms with E-state index in [1.54, 1.807) is 7.11 Å². The van der Waals surface area contributed by atoms with Gasteiger partial charge in [-0.1, -0.05) is 19.1 Å². The molecule has 0 fully saturated rings. The molecule has 0 aliphatic heterocycles. The number of benzene rings is 1. The molecule has 17 heavy (non-hydrogen) atoms. The summed E-state index contributed by atoms with van der Waals surface area (Å²) in [6, 6.07) is 6.17. The van der Waals surface area contributed by atoms with E-state index in [2.05, 4.69) is 28.2 Å². The zero-order valence-electron chi connectivity index (χ0n) is 10.00. The standard InChI is InChI=1S/C12H17BrN2OS/c1-3-8(7-16-2)15-9-4-5-10(12(14)17)11(13)6-9/h4-6,8,15H,3,7H2,1-2H3,(H2,14,17). The van der Waals surface area contributed by atoms with Crippen LogP contribution in [0.2, 0.25) is 0 Å². The van der Waals surface area contributed by atoms with Crippen molar-refractivity contribution in [1.82, 2.24) is 0 Å². The summed E-state index contributed by atoms with van der Waals surface area (Å²) in [5.41, 5.74) is 7.48. The zero-order chi connectivity index (χ0) is 12.8. The third kappa shape index (κ3) is 4.26. The van der Waals surface area contributed by atoms with E-state index in [1.165, 1.54) is 0 Å². The summed E-state index contributed by atoms with van der Waals surface area (Å²) < 4.78 is 6.05. The lowest BCUT2D eigenvalue weighted by molar-refractivity contribution is 0.184. The van der Waals surface area contributed by atoms with E-state index < -0.39 is 0 Å². The van der Waals surface area contributed by atoms with Gasteiger partial charge in [0, 0.05) is 28.9 Å². The second-order valence-corrected chi connectivity index (χ2v) is 5.06. The number of rotatable bonds is 6. The van der Waals surface area contributed by atoms with Gasteiger partial charge in [-0.25, -0.2) is 0 Å². The predicted octanol–water partition coefficient (Wildman–Crippen LogP) is 2.92. The Morgan fingerprint density at radius 1 is 1.59 bits per heavy atom. The van der Waals surface area contributed by atoms with Crippen molar-refractivity contribution in [3.8, 4) is 0 Å². The van der Waals surface area contributed by atoms with Crippen LogP contribution in [0.1, 0.15) is 18.9 Å². The number of thiocarbonyl (C=S) groups is 1. The van der Waals surface area contributed by atoms with Crippen LogP contribution in [0.15, 0.2) is 22.7 Å². The van der Waals surface area contributed by atoms with Crippen molar-refractivity contribution >= 4 is 38.8 Å². The van der Waals surface area contributed by atoms with E-state index in [-0.39, 0.29) is 0 Å². The maximum absolute atomic E-state index is 5.60. The first-order valence-electron chi connectivity index (χ1n) is 5.43. The van der Waals surface area contributed by atoms with Gasteiger partial charge in [0.1, 0.15) is 4.99 Å². The molecule has 0 aliphatic carbocycles. The van der Waals surface area contributed by atoms with E-state index in [0.29, 0.717) is 17.6 Å². The summed E-state index contributed by atoms with van der Waals surface area (Å²) in [7, 11) is 1.70. The highest BCUT2D eigenvalue weighted by molar-refractivity contribution is 9.10. The number of halogens is 1. The van der Waals surface area contributed by atoms with E-state index in [4.69, 9.17) is 22.7 Å². The van der Waals surface area contributed by atoms with Crippen molar-refractivity contribution in [1.29, 1.82) is 0 Å². The van der Waals surface area contributed by atoms with Gasteiger partial charge in [-0.05, 0) is 40.5 Å². The number of nitrogens with one attached hydrogen (secondary N) is 1. The Bertz CT molecular complexity index is 398. The fourth-order valence-electron chi connectivity index (χ4n) is 1.50. The van der Waals surface area contributed by atoms with Crippen LogP contribution in [0.25, 0.3) is 0 Å². The Morgan fingerprint density at radius 2 is 2.29 bits per heavy atom. The third-order valence-corrected chi connectivity index (χ3v) is 3.34. The molecular formula is C12H17BrN2OS. The van der Waals surface area contributed by atoms with Crippen LogP contribution < -0.4 is 11.1 Å². The minimum absolute atomic E-state index is 0.308. The molecule has 0 aliphatic rings. The molecule has 3 nitrogen and oxygen atoms in total. The number of hydrogen-bond donors (Lipinski definition) is 2. The average molecular weight is 317 g/mol. The van der Waals surface area contributed by atoms with Crippen LogP contribution in [0.4, 0.5) is 5.69 Å². The van der Waals surface area contributed by atoms with Gasteiger partial charge >= 0.3 is 0 Å². The summed E-state index contributed by atoms with van der Waals surface area (Å²) in [5, 5.41) is 3.40. The minimum atomic E-state index is 0.308. The average Bonchev–Trinajstić information content (AvgIpc) is 2.28. The molecule has 0 spiro atoms. The van der Waals surface area contributed by atoms with E-state index in [0.717, 1.165) is 22.1 Å². The molecule has 0 saturated carbocycles. The molecular weight excluding hydrogens is 300 g/mol. The van der Waals surface area contributed by atoms with Crippen molar-refractivity contribution < 1.29 is 4.74 Å². The first kappa shape index (κ1) is 14.4. The van der Waals surface area contributed by atoms with Gasteiger partial charge in [0.05, 0.1) is 6.61 Å². The molecule has 3 N–H and O–H groups in total. The van der Waals surface area contributed by atoms with Gasteiger partial charge < -0.3 is 15.8 Å². The topological polar surface area (TPSA) is 47.3 Å². The van der Waals surface area contributed by atoms with Crippen LogP contribution >= 0.6 is 28.1 Å². The normalized spacial score (nSPS) is 12.2. The molecule has 0 heterocycles. The van der Waals surface area contributed by atoms with Crippen molar-refractivity contribution in [3.63, 3.8) is 0 Å². The number of nitrogens with two attached hydrogens (primary N) is 1. The molecule has 5 heteroatoms. The number of ether oxygens (including phenoxy) is 1. The molecule has 0 saturated heterocycles. The lowest BCUT2D eigenvalue weighted by Gasteiger charge is -2.18. The van der Waals surface area contributed by atoms with Crippen LogP contribution in [0, 0.1) is 0 Å². The Hall–Kier alpha value is -0.650. The van der Waals surface area contributed by atoms with Gasteiger partial charge in [0.15, 0.2) is 0 Å². The van der Waals surface area contributed by atoms with Crippen molar-refractivity contribution in [2.45, 2.75) is 19.4 Å². The third-order valence-electron chi connectivity index (χ3n) is 2.47. The van der Waals surface area contributed by atoms with Gasteiger partial charge in [0.2, 0.25) is 0 Å². The summed E-state index contributed by atoms with van der Waals surface area (Å²) >= 11 is 8.41. The van der Waals surface area contributed by atoms with Gasteiger partial charge in [0.25, 0.3) is 0 Å². The van der Waals surface area contributed by atoms with Crippen LogP contribution in [-0.2, 0) is 4.74 Å². The number of methoxy groups -OCH3 is 1. The van der Waals surface area contributed by atoms with Crippen molar-refractivity contribution in [2.75, 3.05) is 19.0 Å². The second-order valence-electron chi connectivity index (χ2n) is 3.76. The fraction of sp³-hybridized carbons (Fsp3) is 0.417. The highest BCUT2D eigenvalue weighted by Gasteiger charge is 2.08. The Balaban J connectivity index is 2.79. The molecule has 1 unspecified atom stereocenters. The second kappa shape index (κ2) is 6.93. The predicted molar refractivity (Wildman–Crippen MR) is 79.6 cm³/mol. The van der Waals surface area contributed by atoms with Crippen LogP contribution in [0.3, 0.4) is 0 Å². The quantitative estimate of drug-likeness (QED) is 0.792. The maximum Gasteiger partial charge on any atom is 0.105 e. The maximum atomic E-state index is 5.60. The molecule has 0 bridgehead atoms. The summed E-state index contributed by atoms with van der Waals surface area (Å²) in [4.78, 5) is 0.396. The Labute approximate surface area is 116 Å². The monoisotopic (exact) mass is 316 g/mol. The molecule has 0 aromatic heterocycles. The highest BCUT2D eigenvalue weighted by Crippen LogP contribution is 2.22.